The maximum atomic E-state index is 14.3. The van der Waals surface area contributed by atoms with Gasteiger partial charge in [0.15, 0.2) is 0 Å². The second-order valence-electron chi connectivity index (χ2n) is 12.8. The fourth-order valence-corrected chi connectivity index (χ4v) is 11.0. The van der Waals surface area contributed by atoms with Crippen molar-refractivity contribution in [1.29, 1.82) is 0 Å². The lowest BCUT2D eigenvalue weighted by Gasteiger charge is -2.60. The number of aryl methyl sites for hydroxylation is 2. The predicted molar refractivity (Wildman–Crippen MR) is 140 cm³/mol. The fourth-order valence-electron chi connectivity index (χ4n) is 7.19. The van der Waals surface area contributed by atoms with Gasteiger partial charge < -0.3 is 4.74 Å². The van der Waals surface area contributed by atoms with Gasteiger partial charge in [-0.05, 0) is 111 Å². The van der Waals surface area contributed by atoms with Gasteiger partial charge in [0.25, 0.3) is 0 Å². The summed E-state index contributed by atoms with van der Waals surface area (Å²) in [6.45, 7) is 5.00. The molecule has 0 saturated heterocycles. The number of esters is 1. The van der Waals surface area contributed by atoms with Gasteiger partial charge in [0.1, 0.15) is 5.75 Å². The zero-order valence-corrected chi connectivity index (χ0v) is 25.6. The number of hydrogen-bond acceptors (Lipinski definition) is 5. The summed E-state index contributed by atoms with van der Waals surface area (Å²) in [5.74, 6) is -13.0. The number of halogens is 9. The SMILES string of the molecule is Cc1cc(S(C)(C)OS(=O)(=O)C(F)(F)C(F)(F)C(F)(F)C(F)(F)F)cc(C)c1OC(=O)CC1(C)C2CC3CC(C2)CC1C3. The second-order valence-corrected chi connectivity index (χ2v) is 17.7. The Morgan fingerprint density at radius 1 is 0.837 bits per heavy atom. The van der Waals surface area contributed by atoms with E-state index >= 15 is 0 Å². The number of carbonyl (C=O) groups is 1. The molecule has 16 heteroatoms. The van der Waals surface area contributed by atoms with Gasteiger partial charge in [-0.25, -0.2) is 3.63 Å². The summed E-state index contributed by atoms with van der Waals surface area (Å²) >= 11 is 0. The number of ether oxygens (including phenoxy) is 1. The third-order valence-electron chi connectivity index (χ3n) is 9.44. The number of hydrogen-bond donors (Lipinski definition) is 0. The Morgan fingerprint density at radius 3 is 1.70 bits per heavy atom. The van der Waals surface area contributed by atoms with Crippen molar-refractivity contribution in [2.24, 2.45) is 29.1 Å². The lowest BCUT2D eigenvalue weighted by molar-refractivity contribution is -0.382. The van der Waals surface area contributed by atoms with Crippen molar-refractivity contribution < 1.29 is 61.1 Å². The minimum Gasteiger partial charge on any atom is -0.426 e. The Kier molecular flexibility index (Phi) is 8.29. The van der Waals surface area contributed by atoms with E-state index in [2.05, 4.69) is 10.6 Å². The smallest absolute Gasteiger partial charge is 0.426 e. The van der Waals surface area contributed by atoms with Crippen LogP contribution < -0.4 is 4.74 Å². The topological polar surface area (TPSA) is 69.7 Å². The van der Waals surface area contributed by atoms with Crippen molar-refractivity contribution >= 4 is 26.4 Å². The third kappa shape index (κ3) is 5.55. The molecule has 0 aliphatic heterocycles. The number of benzene rings is 1. The molecule has 0 aromatic heterocycles. The third-order valence-corrected chi connectivity index (χ3v) is 13.8. The van der Waals surface area contributed by atoms with Crippen LogP contribution in [0.15, 0.2) is 17.0 Å². The minimum absolute atomic E-state index is 0.0981. The van der Waals surface area contributed by atoms with Crippen molar-refractivity contribution in [2.75, 3.05) is 12.5 Å². The quantitative estimate of drug-likeness (QED) is 0.150. The van der Waals surface area contributed by atoms with Gasteiger partial charge in [-0.1, -0.05) is 17.2 Å². The van der Waals surface area contributed by atoms with E-state index in [1.807, 2.05) is 0 Å². The Morgan fingerprint density at radius 2 is 1.28 bits per heavy atom. The molecular formula is C27H33F9O5S2. The molecule has 5 nitrogen and oxygen atoms in total. The first-order chi connectivity index (χ1) is 19.3. The molecule has 246 valence electrons. The van der Waals surface area contributed by atoms with Crippen molar-refractivity contribution in [2.45, 2.75) is 87.5 Å². The molecule has 4 bridgehead atoms. The van der Waals surface area contributed by atoms with Crippen LogP contribution >= 0.6 is 10.3 Å². The van der Waals surface area contributed by atoms with E-state index in [0.29, 0.717) is 23.7 Å². The molecule has 1 aromatic carbocycles. The molecule has 1 aromatic rings. The lowest BCUT2D eigenvalue weighted by atomic mass is 9.45. The second kappa shape index (κ2) is 10.4. The molecule has 4 saturated carbocycles. The minimum atomic E-state index is -7.40. The number of alkyl halides is 9. The molecular weight excluding hydrogens is 639 g/mol. The van der Waals surface area contributed by atoms with Crippen LogP contribution in [-0.4, -0.2) is 50.2 Å². The van der Waals surface area contributed by atoms with E-state index in [-0.39, 0.29) is 33.6 Å². The van der Waals surface area contributed by atoms with Crippen LogP contribution in [0.5, 0.6) is 5.75 Å². The molecule has 0 unspecified atom stereocenters. The average molecular weight is 673 g/mol. The molecule has 0 atom stereocenters. The Hall–Kier alpha value is -1.68. The number of carbonyl (C=O) groups excluding carboxylic acids is 1. The van der Waals surface area contributed by atoms with Crippen LogP contribution in [0.3, 0.4) is 0 Å². The molecule has 4 aliphatic rings. The van der Waals surface area contributed by atoms with E-state index in [9.17, 15) is 52.7 Å². The summed E-state index contributed by atoms with van der Waals surface area (Å²) in [6.07, 6.45) is 0.307. The molecule has 0 amide bonds. The molecule has 0 radical (unpaired) electrons. The van der Waals surface area contributed by atoms with E-state index in [1.54, 1.807) is 0 Å². The van der Waals surface area contributed by atoms with Gasteiger partial charge in [0.05, 0.1) is 6.42 Å². The molecule has 4 fully saturated rings. The normalized spacial score (nSPS) is 28.7. The molecule has 5 rings (SSSR count). The zero-order chi connectivity index (χ0) is 32.8. The van der Waals surface area contributed by atoms with Crippen LogP contribution in [0.1, 0.15) is 56.6 Å². The van der Waals surface area contributed by atoms with E-state index in [4.69, 9.17) is 4.74 Å². The maximum Gasteiger partial charge on any atom is 0.460 e. The largest absolute Gasteiger partial charge is 0.460 e. The van der Waals surface area contributed by atoms with E-state index in [1.165, 1.54) is 32.4 Å². The van der Waals surface area contributed by atoms with Crippen molar-refractivity contribution in [3.63, 3.8) is 0 Å². The Bertz CT molecular complexity index is 1340. The van der Waals surface area contributed by atoms with Gasteiger partial charge in [-0.15, -0.1) is 0 Å². The summed E-state index contributed by atoms with van der Waals surface area (Å²) in [5.41, 5.74) is 0.221. The van der Waals surface area contributed by atoms with E-state index in [0.717, 1.165) is 38.2 Å². The molecule has 0 N–H and O–H groups in total. The predicted octanol–water partition coefficient (Wildman–Crippen LogP) is 8.17. The van der Waals surface area contributed by atoms with Crippen molar-refractivity contribution in [3.8, 4) is 5.75 Å². The van der Waals surface area contributed by atoms with Gasteiger partial charge in [0.2, 0.25) is 0 Å². The summed E-state index contributed by atoms with van der Waals surface area (Å²) in [7, 11) is -10.6. The zero-order valence-electron chi connectivity index (χ0n) is 24.0. The highest BCUT2D eigenvalue weighted by molar-refractivity contribution is 8.32. The fraction of sp³-hybridized carbons (Fsp3) is 0.741. The van der Waals surface area contributed by atoms with Crippen LogP contribution in [-0.2, 0) is 18.5 Å². The molecule has 43 heavy (non-hydrogen) atoms. The first-order valence-electron chi connectivity index (χ1n) is 13.5. The first kappa shape index (κ1) is 34.2. The van der Waals surface area contributed by atoms with Gasteiger partial charge in [-0.2, -0.15) is 47.9 Å². The van der Waals surface area contributed by atoms with Crippen LogP contribution in [0.2, 0.25) is 0 Å². The first-order valence-corrected chi connectivity index (χ1v) is 17.3. The Balaban J connectivity index is 1.53. The van der Waals surface area contributed by atoms with Crippen molar-refractivity contribution in [1.82, 2.24) is 0 Å². The lowest BCUT2D eigenvalue weighted by Crippen LogP contribution is -2.63. The summed E-state index contributed by atoms with van der Waals surface area (Å²) in [5, 5.41) is -6.96. The average Bonchev–Trinajstić information content (AvgIpc) is 2.82. The number of rotatable bonds is 9. The van der Waals surface area contributed by atoms with Crippen LogP contribution in [0.4, 0.5) is 39.5 Å². The van der Waals surface area contributed by atoms with Crippen LogP contribution in [0.25, 0.3) is 0 Å². The highest BCUT2D eigenvalue weighted by Crippen LogP contribution is 2.64. The molecule has 0 heterocycles. The Labute approximate surface area is 245 Å². The summed E-state index contributed by atoms with van der Waals surface area (Å²) < 4.78 is 154. The summed E-state index contributed by atoms with van der Waals surface area (Å²) in [4.78, 5) is 13.0. The molecule has 0 spiro atoms. The van der Waals surface area contributed by atoms with Gasteiger partial charge >= 0.3 is 39.4 Å². The molecule has 4 aliphatic carbocycles. The highest BCUT2D eigenvalue weighted by Gasteiger charge is 2.86. The van der Waals surface area contributed by atoms with Crippen molar-refractivity contribution in [3.05, 3.63) is 23.3 Å². The highest BCUT2D eigenvalue weighted by atomic mass is 32.3. The van der Waals surface area contributed by atoms with Gasteiger partial charge in [0, 0.05) is 4.90 Å². The monoisotopic (exact) mass is 672 g/mol. The summed E-state index contributed by atoms with van der Waals surface area (Å²) in [6, 6.07) is 2.37. The van der Waals surface area contributed by atoms with Gasteiger partial charge in [-0.3, -0.25) is 4.79 Å². The van der Waals surface area contributed by atoms with E-state index < -0.39 is 49.7 Å². The maximum absolute atomic E-state index is 14.3. The standard InChI is InChI=1S/C27H33F9O5S2/c1-14-6-20(42(4,5)41-43(38,39)27(35,36)25(30,31)24(28,29)26(32,33)34)7-15(2)22(14)40-21(37)13-23(3)18-9-16-8-17(11-18)12-19(23)10-16/h6-7,16-19H,8-13H2,1-5H3. The van der Waals surface area contributed by atoms with Crippen LogP contribution in [0, 0.1) is 42.9 Å².